The number of benzene rings is 1. The van der Waals surface area contributed by atoms with Gasteiger partial charge in [0.2, 0.25) is 5.89 Å². The maximum atomic E-state index is 12.2. The molecule has 2 aromatic rings. The van der Waals surface area contributed by atoms with Crippen LogP contribution in [0.5, 0.6) is 0 Å². The van der Waals surface area contributed by atoms with E-state index < -0.39 is 11.6 Å². The quantitative estimate of drug-likeness (QED) is 0.885. The smallest absolute Gasteiger partial charge is 0.408 e. The Kier molecular flexibility index (Phi) is 4.32. The third kappa shape index (κ3) is 4.09. The highest BCUT2D eigenvalue weighted by atomic mass is 16.5. The van der Waals surface area contributed by atoms with Crippen molar-refractivity contribution in [3.63, 3.8) is 0 Å². The van der Waals surface area contributed by atoms with Gasteiger partial charge in [-0.2, -0.15) is 4.98 Å². The molecule has 1 amide bonds. The summed E-state index contributed by atoms with van der Waals surface area (Å²) in [6.45, 7) is 3.89. The van der Waals surface area contributed by atoms with Gasteiger partial charge in [0.1, 0.15) is 12.1 Å². The van der Waals surface area contributed by atoms with Crippen LogP contribution in [0.3, 0.4) is 0 Å². The average molecular weight is 315 g/mol. The van der Waals surface area contributed by atoms with E-state index in [1.165, 1.54) is 12.8 Å². The molecule has 0 spiro atoms. The molecule has 0 aliphatic heterocycles. The van der Waals surface area contributed by atoms with Crippen molar-refractivity contribution in [3.05, 3.63) is 47.6 Å². The summed E-state index contributed by atoms with van der Waals surface area (Å²) in [7, 11) is 0. The number of ether oxygens (including phenoxy) is 1. The third-order valence-electron chi connectivity index (χ3n) is 4.01. The second kappa shape index (κ2) is 6.40. The summed E-state index contributed by atoms with van der Waals surface area (Å²) >= 11 is 0. The molecular formula is C17H21N3O3. The van der Waals surface area contributed by atoms with Crippen molar-refractivity contribution >= 4 is 6.09 Å². The van der Waals surface area contributed by atoms with Crippen LogP contribution in [-0.2, 0) is 16.9 Å². The molecule has 3 rings (SSSR count). The predicted molar refractivity (Wildman–Crippen MR) is 83.5 cm³/mol. The van der Waals surface area contributed by atoms with Gasteiger partial charge < -0.3 is 14.6 Å². The Bertz CT molecular complexity index is 667. The lowest BCUT2D eigenvalue weighted by molar-refractivity contribution is 0.123. The number of alkyl carbamates (subject to hydrolysis) is 1. The number of hydrogen-bond acceptors (Lipinski definition) is 5. The monoisotopic (exact) mass is 315 g/mol. The first-order valence-electron chi connectivity index (χ1n) is 7.85. The fourth-order valence-electron chi connectivity index (χ4n) is 2.61. The van der Waals surface area contributed by atoms with Crippen LogP contribution in [0, 0.1) is 12.8 Å². The number of nitrogens with zero attached hydrogens (tertiary/aromatic N) is 2. The SMILES string of the molecule is Cc1nc([C@@](C)(CC2CC2)NC(=O)OCc2ccccc2)no1. The minimum atomic E-state index is -0.674. The number of carbonyl (C=O) groups excluding carboxylic acids is 1. The number of aryl methyl sites for hydroxylation is 1. The second-order valence-electron chi connectivity index (χ2n) is 6.30. The Morgan fingerprint density at radius 2 is 2.13 bits per heavy atom. The van der Waals surface area contributed by atoms with Crippen molar-refractivity contribution in [2.24, 2.45) is 5.92 Å². The molecule has 1 aromatic carbocycles. The van der Waals surface area contributed by atoms with Crippen LogP contribution in [0.2, 0.25) is 0 Å². The van der Waals surface area contributed by atoms with Gasteiger partial charge >= 0.3 is 6.09 Å². The summed E-state index contributed by atoms with van der Waals surface area (Å²) in [4.78, 5) is 16.5. The summed E-state index contributed by atoms with van der Waals surface area (Å²) in [5.41, 5.74) is 0.272. The van der Waals surface area contributed by atoms with Gasteiger partial charge in [0.05, 0.1) is 0 Å². The topological polar surface area (TPSA) is 77.2 Å². The van der Waals surface area contributed by atoms with Gasteiger partial charge in [-0.3, -0.25) is 0 Å². The first kappa shape index (κ1) is 15.5. The normalized spacial score (nSPS) is 16.6. The Morgan fingerprint density at radius 1 is 1.39 bits per heavy atom. The highest BCUT2D eigenvalue weighted by Gasteiger charge is 2.39. The fraction of sp³-hybridized carbons (Fsp3) is 0.471. The summed E-state index contributed by atoms with van der Waals surface area (Å²) in [5.74, 6) is 1.58. The number of nitrogens with one attached hydrogen (secondary N) is 1. The van der Waals surface area contributed by atoms with Gasteiger partial charge in [-0.25, -0.2) is 4.79 Å². The van der Waals surface area contributed by atoms with Gasteiger partial charge in [0.15, 0.2) is 5.82 Å². The van der Waals surface area contributed by atoms with E-state index >= 15 is 0 Å². The molecule has 1 heterocycles. The van der Waals surface area contributed by atoms with Crippen LogP contribution >= 0.6 is 0 Å². The lowest BCUT2D eigenvalue weighted by Crippen LogP contribution is -2.45. The first-order valence-corrected chi connectivity index (χ1v) is 7.85. The summed E-state index contributed by atoms with van der Waals surface area (Å²) < 4.78 is 10.4. The molecule has 1 N–H and O–H groups in total. The lowest BCUT2D eigenvalue weighted by Gasteiger charge is -2.27. The number of rotatable bonds is 6. The molecule has 6 nitrogen and oxygen atoms in total. The van der Waals surface area contributed by atoms with Crippen LogP contribution in [0.1, 0.15) is 43.5 Å². The summed E-state index contributed by atoms with van der Waals surface area (Å²) in [5, 5.41) is 6.90. The van der Waals surface area contributed by atoms with Gasteiger partial charge in [-0.1, -0.05) is 48.3 Å². The van der Waals surface area contributed by atoms with E-state index in [-0.39, 0.29) is 6.61 Å². The molecular weight excluding hydrogens is 294 g/mol. The Hall–Kier alpha value is -2.37. The van der Waals surface area contributed by atoms with E-state index in [1.54, 1.807) is 6.92 Å². The van der Waals surface area contributed by atoms with Crippen LogP contribution in [0.15, 0.2) is 34.9 Å². The van der Waals surface area contributed by atoms with Crippen LogP contribution < -0.4 is 5.32 Å². The van der Waals surface area contributed by atoms with Crippen molar-refractivity contribution < 1.29 is 14.1 Å². The zero-order valence-electron chi connectivity index (χ0n) is 13.4. The highest BCUT2D eigenvalue weighted by Crippen LogP contribution is 2.40. The van der Waals surface area contributed by atoms with E-state index in [2.05, 4.69) is 15.5 Å². The lowest BCUT2D eigenvalue weighted by atomic mass is 9.94. The maximum absolute atomic E-state index is 12.2. The zero-order valence-corrected chi connectivity index (χ0v) is 13.4. The number of aromatic nitrogens is 2. The molecule has 0 saturated heterocycles. The molecule has 1 fully saturated rings. The van der Waals surface area contributed by atoms with Crippen molar-refractivity contribution in [1.82, 2.24) is 15.5 Å². The number of carbonyl (C=O) groups is 1. The first-order chi connectivity index (χ1) is 11.0. The van der Waals surface area contributed by atoms with Gasteiger partial charge in [0, 0.05) is 6.92 Å². The van der Waals surface area contributed by atoms with Crippen LogP contribution in [-0.4, -0.2) is 16.2 Å². The van der Waals surface area contributed by atoms with Crippen molar-refractivity contribution in [3.8, 4) is 0 Å². The summed E-state index contributed by atoms with van der Waals surface area (Å²) in [6, 6.07) is 9.58. The molecule has 1 atom stereocenters. The van der Waals surface area contributed by atoms with E-state index in [9.17, 15) is 4.79 Å². The minimum absolute atomic E-state index is 0.234. The molecule has 23 heavy (non-hydrogen) atoms. The fourth-order valence-corrected chi connectivity index (χ4v) is 2.61. The third-order valence-corrected chi connectivity index (χ3v) is 4.01. The van der Waals surface area contributed by atoms with Crippen LogP contribution in [0.4, 0.5) is 4.79 Å². The molecule has 0 unspecified atom stereocenters. The molecule has 122 valence electrons. The minimum Gasteiger partial charge on any atom is -0.445 e. The van der Waals surface area contributed by atoms with Gasteiger partial charge in [-0.05, 0) is 24.8 Å². The zero-order chi connectivity index (χ0) is 16.3. The Morgan fingerprint density at radius 3 is 2.74 bits per heavy atom. The van der Waals surface area contributed by atoms with E-state index in [4.69, 9.17) is 9.26 Å². The molecule has 1 aromatic heterocycles. The van der Waals surface area contributed by atoms with E-state index in [1.807, 2.05) is 37.3 Å². The molecule has 0 bridgehead atoms. The predicted octanol–water partition coefficient (Wildman–Crippen LogP) is 3.32. The molecule has 1 saturated carbocycles. The highest BCUT2D eigenvalue weighted by molar-refractivity contribution is 5.68. The van der Waals surface area contributed by atoms with E-state index in [0.717, 1.165) is 12.0 Å². The van der Waals surface area contributed by atoms with Crippen molar-refractivity contribution in [2.75, 3.05) is 0 Å². The van der Waals surface area contributed by atoms with E-state index in [0.29, 0.717) is 17.6 Å². The Balaban J connectivity index is 1.64. The molecule has 0 radical (unpaired) electrons. The molecule has 6 heteroatoms. The molecule has 1 aliphatic rings. The average Bonchev–Trinajstić information content (AvgIpc) is 3.22. The summed E-state index contributed by atoms with van der Waals surface area (Å²) in [6.07, 6.45) is 2.66. The second-order valence-corrected chi connectivity index (χ2v) is 6.30. The Labute approximate surface area is 135 Å². The number of amides is 1. The van der Waals surface area contributed by atoms with Crippen molar-refractivity contribution in [2.45, 2.75) is 45.3 Å². The molecule has 1 aliphatic carbocycles. The maximum Gasteiger partial charge on any atom is 0.408 e. The van der Waals surface area contributed by atoms with Crippen molar-refractivity contribution in [1.29, 1.82) is 0 Å². The largest absolute Gasteiger partial charge is 0.445 e. The van der Waals surface area contributed by atoms with Crippen LogP contribution in [0.25, 0.3) is 0 Å². The standard InChI is InChI=1S/C17H21N3O3/c1-12-18-15(20-23-12)17(2,10-13-8-9-13)19-16(21)22-11-14-6-4-3-5-7-14/h3-7,13H,8-11H2,1-2H3,(H,19,21)/t17-/m1/s1. The van der Waals surface area contributed by atoms with Gasteiger partial charge in [0.25, 0.3) is 0 Å². The number of hydrogen-bond donors (Lipinski definition) is 1. The van der Waals surface area contributed by atoms with Gasteiger partial charge in [-0.15, -0.1) is 0 Å².